The molecular weight excluding hydrogens is 364 g/mol. The smallest absolute Gasteiger partial charge is 0.308 e. The average Bonchev–Trinajstić information content (AvgIpc) is 3.10. The third-order valence-electron chi connectivity index (χ3n) is 5.80. The van der Waals surface area contributed by atoms with E-state index in [1.165, 1.54) is 5.56 Å². The number of aromatic nitrogens is 3. The number of aliphatic carboxylic acids is 1. The summed E-state index contributed by atoms with van der Waals surface area (Å²) in [6.07, 6.45) is 1.59. The lowest BCUT2D eigenvalue weighted by atomic mass is 9.96. The van der Waals surface area contributed by atoms with Gasteiger partial charge in [-0.25, -0.2) is 4.98 Å². The molecule has 3 heterocycles. The Morgan fingerprint density at radius 2 is 1.93 bits per heavy atom. The van der Waals surface area contributed by atoms with Crippen molar-refractivity contribution in [3.05, 3.63) is 47.2 Å². The molecule has 152 valence electrons. The lowest BCUT2D eigenvalue weighted by Gasteiger charge is -2.34. The van der Waals surface area contributed by atoms with Gasteiger partial charge in [-0.1, -0.05) is 43.7 Å². The Morgan fingerprint density at radius 3 is 2.59 bits per heavy atom. The van der Waals surface area contributed by atoms with Crippen molar-refractivity contribution >= 4 is 17.4 Å². The van der Waals surface area contributed by atoms with Crippen LogP contribution in [0.4, 0.5) is 5.82 Å². The first kappa shape index (κ1) is 19.4. The van der Waals surface area contributed by atoms with E-state index in [0.29, 0.717) is 6.54 Å². The van der Waals surface area contributed by atoms with Gasteiger partial charge in [0.2, 0.25) is 0 Å². The van der Waals surface area contributed by atoms with E-state index in [1.807, 2.05) is 17.5 Å². The highest BCUT2D eigenvalue weighted by atomic mass is 16.4. The number of hydrogen-bond acceptors (Lipinski definition) is 4. The van der Waals surface area contributed by atoms with Crippen LogP contribution in [-0.4, -0.2) is 38.8 Å². The molecule has 6 heteroatoms. The Balaban J connectivity index is 1.88. The van der Waals surface area contributed by atoms with Crippen LogP contribution in [0, 0.1) is 19.8 Å². The van der Waals surface area contributed by atoms with Gasteiger partial charge in [-0.05, 0) is 32.6 Å². The summed E-state index contributed by atoms with van der Waals surface area (Å²) in [5.74, 6) is 0.189. The van der Waals surface area contributed by atoms with Crippen LogP contribution >= 0.6 is 0 Å². The van der Waals surface area contributed by atoms with Gasteiger partial charge in [-0.3, -0.25) is 4.79 Å². The second kappa shape index (κ2) is 7.50. The van der Waals surface area contributed by atoms with Crippen molar-refractivity contribution in [2.45, 2.75) is 46.5 Å². The van der Waals surface area contributed by atoms with Gasteiger partial charge in [0.1, 0.15) is 5.82 Å². The lowest BCUT2D eigenvalue weighted by Crippen LogP contribution is -2.40. The van der Waals surface area contributed by atoms with E-state index in [0.717, 1.165) is 53.4 Å². The lowest BCUT2D eigenvalue weighted by molar-refractivity contribution is -0.141. The molecule has 0 bridgehead atoms. The van der Waals surface area contributed by atoms with Crippen molar-refractivity contribution in [1.82, 2.24) is 14.6 Å². The maximum absolute atomic E-state index is 11.6. The largest absolute Gasteiger partial charge is 0.481 e. The Labute approximate surface area is 171 Å². The fourth-order valence-corrected chi connectivity index (χ4v) is 4.33. The highest BCUT2D eigenvalue weighted by Gasteiger charge is 2.30. The van der Waals surface area contributed by atoms with Crippen molar-refractivity contribution in [3.8, 4) is 11.3 Å². The first-order chi connectivity index (χ1) is 13.8. The maximum atomic E-state index is 11.6. The Bertz CT molecular complexity index is 1050. The summed E-state index contributed by atoms with van der Waals surface area (Å²) < 4.78 is 1.92. The minimum atomic E-state index is -0.719. The molecule has 29 heavy (non-hydrogen) atoms. The number of hydrogen-bond donors (Lipinski definition) is 1. The molecule has 1 unspecified atom stereocenters. The zero-order chi connectivity index (χ0) is 20.7. The molecule has 6 nitrogen and oxygen atoms in total. The molecule has 0 aliphatic carbocycles. The van der Waals surface area contributed by atoms with Gasteiger partial charge in [0, 0.05) is 36.0 Å². The minimum Gasteiger partial charge on any atom is -0.481 e. The van der Waals surface area contributed by atoms with Crippen LogP contribution in [0.3, 0.4) is 0 Å². The van der Waals surface area contributed by atoms with Gasteiger partial charge in [-0.15, -0.1) is 0 Å². The van der Waals surface area contributed by atoms with Crippen LogP contribution in [0.15, 0.2) is 30.3 Å². The SMILES string of the molecule is Cc1ccc(-c2cc3nc(C)c(C(C)C)c(N4CCCC(C(=O)O)C4)n3n2)cc1. The van der Waals surface area contributed by atoms with Crippen molar-refractivity contribution in [3.63, 3.8) is 0 Å². The second-order valence-electron chi connectivity index (χ2n) is 8.38. The van der Waals surface area contributed by atoms with Crippen LogP contribution < -0.4 is 4.90 Å². The number of carboxylic acids is 1. The minimum absolute atomic E-state index is 0.263. The van der Waals surface area contributed by atoms with Crippen molar-refractivity contribution in [2.24, 2.45) is 5.92 Å². The first-order valence-electron chi connectivity index (χ1n) is 10.3. The van der Waals surface area contributed by atoms with E-state index in [2.05, 4.69) is 49.9 Å². The van der Waals surface area contributed by atoms with Gasteiger partial charge >= 0.3 is 5.97 Å². The van der Waals surface area contributed by atoms with Gasteiger partial charge in [0.25, 0.3) is 0 Å². The van der Waals surface area contributed by atoms with Crippen LogP contribution in [0.2, 0.25) is 0 Å². The fraction of sp³-hybridized carbons (Fsp3) is 0.435. The number of benzene rings is 1. The van der Waals surface area contributed by atoms with Gasteiger partial charge in [0.05, 0.1) is 11.6 Å². The number of fused-ring (bicyclic) bond motifs is 1. The number of anilines is 1. The molecule has 0 radical (unpaired) electrons. The second-order valence-corrected chi connectivity index (χ2v) is 8.38. The molecular formula is C23H28N4O2. The van der Waals surface area contributed by atoms with E-state index < -0.39 is 5.97 Å². The highest BCUT2D eigenvalue weighted by molar-refractivity contribution is 5.72. The van der Waals surface area contributed by atoms with Gasteiger partial charge < -0.3 is 10.0 Å². The molecule has 4 rings (SSSR count). The monoisotopic (exact) mass is 392 g/mol. The summed E-state index contributed by atoms with van der Waals surface area (Å²) in [4.78, 5) is 18.7. The normalized spacial score (nSPS) is 17.3. The van der Waals surface area contributed by atoms with Crippen molar-refractivity contribution < 1.29 is 9.90 Å². The highest BCUT2D eigenvalue weighted by Crippen LogP contribution is 2.34. The molecule has 1 aliphatic heterocycles. The number of carboxylic acid groups (broad SMARTS) is 1. The molecule has 1 aromatic carbocycles. The summed E-state index contributed by atoms with van der Waals surface area (Å²) in [5.41, 5.74) is 6.07. The summed E-state index contributed by atoms with van der Waals surface area (Å²) >= 11 is 0. The number of nitrogens with zero attached hydrogens (tertiary/aromatic N) is 4. The Kier molecular flexibility index (Phi) is 5.03. The third kappa shape index (κ3) is 3.59. The van der Waals surface area contributed by atoms with Crippen LogP contribution in [0.5, 0.6) is 0 Å². The maximum Gasteiger partial charge on any atom is 0.308 e. The number of rotatable bonds is 4. The standard InChI is InChI=1S/C23H28N4O2/c1-14(2)21-16(4)24-20-12-19(17-9-7-15(3)8-10-17)25-27(20)22(21)26-11-5-6-18(13-26)23(28)29/h7-10,12,14,18H,5-6,11,13H2,1-4H3,(H,28,29). The molecule has 0 saturated carbocycles. The van der Waals surface area contributed by atoms with Gasteiger partial charge in [0.15, 0.2) is 5.65 Å². The summed E-state index contributed by atoms with van der Waals surface area (Å²) in [7, 11) is 0. The van der Waals surface area contributed by atoms with Gasteiger partial charge in [-0.2, -0.15) is 9.61 Å². The first-order valence-corrected chi connectivity index (χ1v) is 10.3. The molecule has 0 amide bonds. The zero-order valence-corrected chi connectivity index (χ0v) is 17.5. The van der Waals surface area contributed by atoms with Crippen LogP contribution in [0.1, 0.15) is 49.4 Å². The predicted molar refractivity (Wildman–Crippen MR) is 115 cm³/mol. The number of carbonyl (C=O) groups is 1. The van der Waals surface area contributed by atoms with E-state index in [-0.39, 0.29) is 11.8 Å². The molecule has 1 N–H and O–H groups in total. The molecule has 1 saturated heterocycles. The number of aryl methyl sites for hydroxylation is 2. The van der Waals surface area contributed by atoms with Crippen molar-refractivity contribution in [1.29, 1.82) is 0 Å². The van der Waals surface area contributed by atoms with Crippen molar-refractivity contribution in [2.75, 3.05) is 18.0 Å². The number of piperidine rings is 1. The summed E-state index contributed by atoms with van der Waals surface area (Å²) in [5, 5.41) is 14.5. The molecule has 1 fully saturated rings. The quantitative estimate of drug-likeness (QED) is 0.711. The molecule has 3 aromatic rings. The molecule has 1 aliphatic rings. The fourth-order valence-electron chi connectivity index (χ4n) is 4.33. The molecule has 1 atom stereocenters. The van der Waals surface area contributed by atoms with Crippen LogP contribution in [-0.2, 0) is 4.79 Å². The Hall–Kier alpha value is -2.89. The average molecular weight is 393 g/mol. The third-order valence-corrected chi connectivity index (χ3v) is 5.80. The summed E-state index contributed by atoms with van der Waals surface area (Å²) in [6, 6.07) is 10.3. The van der Waals surface area contributed by atoms with Crippen LogP contribution in [0.25, 0.3) is 16.9 Å². The zero-order valence-electron chi connectivity index (χ0n) is 17.5. The molecule has 2 aromatic heterocycles. The molecule has 0 spiro atoms. The van der Waals surface area contributed by atoms with E-state index in [1.54, 1.807) is 0 Å². The topological polar surface area (TPSA) is 70.7 Å². The van der Waals surface area contributed by atoms with E-state index >= 15 is 0 Å². The Morgan fingerprint density at radius 1 is 1.21 bits per heavy atom. The predicted octanol–water partition coefficient (Wildman–Crippen LogP) is 4.44. The van der Waals surface area contributed by atoms with E-state index in [4.69, 9.17) is 10.1 Å². The summed E-state index contributed by atoms with van der Waals surface area (Å²) in [6.45, 7) is 9.76. The van der Waals surface area contributed by atoms with E-state index in [9.17, 15) is 9.90 Å².